The Bertz CT molecular complexity index is 227. The lowest BCUT2D eigenvalue weighted by atomic mass is 9.77. The molecule has 0 aromatic heterocycles. The maximum atomic E-state index is 9.68. The first-order chi connectivity index (χ1) is 7.33. The summed E-state index contributed by atoms with van der Waals surface area (Å²) in [6, 6.07) is 0.204. The number of hydrogen-bond acceptors (Lipinski definition) is 3. The van der Waals surface area contributed by atoms with Crippen molar-refractivity contribution in [2.75, 3.05) is 6.61 Å². The zero-order chi connectivity index (χ0) is 13.9. The van der Waals surface area contributed by atoms with Crippen molar-refractivity contribution in [3.05, 3.63) is 0 Å². The van der Waals surface area contributed by atoms with Gasteiger partial charge in [-0.2, -0.15) is 0 Å². The van der Waals surface area contributed by atoms with Crippen LogP contribution in [0, 0.1) is 5.41 Å². The number of nitrogens with two attached hydrogens (primary N) is 1. The average Bonchev–Trinajstić information content (AvgIpc) is 1.94. The summed E-state index contributed by atoms with van der Waals surface area (Å²) in [5, 5.41) is 9.68. The monoisotopic (exact) mass is 245 g/mol. The Morgan fingerprint density at radius 3 is 1.94 bits per heavy atom. The van der Waals surface area contributed by atoms with E-state index >= 15 is 0 Å². The molecule has 0 aliphatic heterocycles. The van der Waals surface area contributed by atoms with Crippen molar-refractivity contribution in [2.45, 2.75) is 78.6 Å². The van der Waals surface area contributed by atoms with Crippen LogP contribution >= 0.6 is 0 Å². The van der Waals surface area contributed by atoms with Crippen LogP contribution in [-0.2, 0) is 4.74 Å². The van der Waals surface area contributed by atoms with Crippen LogP contribution in [0.4, 0.5) is 0 Å². The first-order valence-corrected chi connectivity index (χ1v) is 6.45. The van der Waals surface area contributed by atoms with Crippen molar-refractivity contribution in [3.63, 3.8) is 0 Å². The van der Waals surface area contributed by atoms with Crippen molar-refractivity contribution in [2.24, 2.45) is 11.1 Å². The fourth-order valence-corrected chi connectivity index (χ4v) is 2.52. The molecule has 0 aliphatic carbocycles. The zero-order valence-corrected chi connectivity index (χ0v) is 12.6. The third kappa shape index (κ3) is 9.57. The van der Waals surface area contributed by atoms with Crippen molar-refractivity contribution >= 4 is 0 Å². The smallest absolute Gasteiger partial charge is 0.0824 e. The van der Waals surface area contributed by atoms with E-state index < -0.39 is 5.60 Å². The van der Waals surface area contributed by atoms with Gasteiger partial charge in [0.2, 0.25) is 0 Å². The lowest BCUT2D eigenvalue weighted by Gasteiger charge is -2.37. The van der Waals surface area contributed by atoms with Crippen LogP contribution in [0.5, 0.6) is 0 Å². The first-order valence-electron chi connectivity index (χ1n) is 6.45. The molecule has 0 aromatic rings. The first kappa shape index (κ1) is 16.9. The molecule has 3 N–H and O–H groups in total. The van der Waals surface area contributed by atoms with Gasteiger partial charge in [0.1, 0.15) is 0 Å². The molecule has 17 heavy (non-hydrogen) atoms. The van der Waals surface area contributed by atoms with Crippen LogP contribution in [0.25, 0.3) is 0 Å². The minimum Gasteiger partial charge on any atom is -0.388 e. The SMILES string of the molecule is CC(N)CC(C)(C)CC(C)(C)OCC(C)(C)O. The van der Waals surface area contributed by atoms with Gasteiger partial charge in [0, 0.05) is 6.04 Å². The van der Waals surface area contributed by atoms with Gasteiger partial charge < -0.3 is 15.6 Å². The van der Waals surface area contributed by atoms with Crippen LogP contribution in [0.1, 0.15) is 61.3 Å². The topological polar surface area (TPSA) is 55.5 Å². The molecule has 3 nitrogen and oxygen atoms in total. The fraction of sp³-hybridized carbons (Fsp3) is 1.00. The Morgan fingerprint density at radius 2 is 1.59 bits per heavy atom. The second kappa shape index (κ2) is 5.68. The molecule has 1 unspecified atom stereocenters. The molecule has 0 fully saturated rings. The molecule has 0 radical (unpaired) electrons. The number of rotatable bonds is 7. The molecule has 0 saturated heterocycles. The van der Waals surface area contributed by atoms with Gasteiger partial charge in [-0.05, 0) is 52.9 Å². The van der Waals surface area contributed by atoms with Gasteiger partial charge in [-0.15, -0.1) is 0 Å². The van der Waals surface area contributed by atoms with Crippen LogP contribution in [0.15, 0.2) is 0 Å². The normalized spacial score (nSPS) is 16.1. The minimum atomic E-state index is -0.775. The third-order valence-corrected chi connectivity index (χ3v) is 2.59. The molecule has 0 amide bonds. The molecule has 0 rings (SSSR count). The maximum Gasteiger partial charge on any atom is 0.0824 e. The quantitative estimate of drug-likeness (QED) is 0.725. The van der Waals surface area contributed by atoms with E-state index in [0.29, 0.717) is 6.61 Å². The average molecular weight is 245 g/mol. The second-order valence-electron chi connectivity index (χ2n) is 7.38. The predicted molar refractivity (Wildman–Crippen MR) is 73.0 cm³/mol. The largest absolute Gasteiger partial charge is 0.388 e. The molecular weight excluding hydrogens is 214 g/mol. The molecule has 3 heteroatoms. The van der Waals surface area contributed by atoms with Gasteiger partial charge in [0.15, 0.2) is 0 Å². The van der Waals surface area contributed by atoms with Crippen molar-refractivity contribution in [1.82, 2.24) is 0 Å². The van der Waals surface area contributed by atoms with Gasteiger partial charge in [-0.1, -0.05) is 13.8 Å². The van der Waals surface area contributed by atoms with Gasteiger partial charge in [0.25, 0.3) is 0 Å². The van der Waals surface area contributed by atoms with E-state index in [-0.39, 0.29) is 17.1 Å². The van der Waals surface area contributed by atoms with Crippen molar-refractivity contribution in [1.29, 1.82) is 0 Å². The Labute approximate surface area is 107 Å². The summed E-state index contributed by atoms with van der Waals surface area (Å²) in [5.74, 6) is 0. The summed E-state index contributed by atoms with van der Waals surface area (Å²) in [6.07, 6.45) is 1.90. The molecule has 0 aliphatic rings. The number of hydrogen-bond donors (Lipinski definition) is 2. The standard InChI is InChI=1S/C14H31NO2/c1-11(15)8-12(2,3)9-14(6,7)17-10-13(4,5)16/h11,16H,8-10,15H2,1-7H3. The zero-order valence-electron chi connectivity index (χ0n) is 12.6. The minimum absolute atomic E-state index is 0.150. The van der Waals surface area contributed by atoms with Gasteiger partial charge in [-0.3, -0.25) is 0 Å². The molecule has 0 saturated carbocycles. The van der Waals surface area contributed by atoms with Crippen molar-refractivity contribution in [3.8, 4) is 0 Å². The number of aliphatic hydroxyl groups is 1. The van der Waals surface area contributed by atoms with Gasteiger partial charge >= 0.3 is 0 Å². The number of ether oxygens (including phenoxy) is 1. The highest BCUT2D eigenvalue weighted by Crippen LogP contribution is 2.34. The Kier molecular flexibility index (Phi) is 5.64. The summed E-state index contributed by atoms with van der Waals surface area (Å²) in [4.78, 5) is 0. The molecular formula is C14H31NO2. The van der Waals surface area contributed by atoms with Gasteiger partial charge in [0.05, 0.1) is 17.8 Å². The summed E-state index contributed by atoms with van der Waals surface area (Å²) < 4.78 is 5.82. The lowest BCUT2D eigenvalue weighted by Crippen LogP contribution is -2.38. The lowest BCUT2D eigenvalue weighted by molar-refractivity contribution is -0.106. The van der Waals surface area contributed by atoms with Crippen LogP contribution in [0.3, 0.4) is 0 Å². The molecule has 0 spiro atoms. The van der Waals surface area contributed by atoms with Crippen LogP contribution in [0.2, 0.25) is 0 Å². The highest BCUT2D eigenvalue weighted by atomic mass is 16.5. The van der Waals surface area contributed by atoms with E-state index in [4.69, 9.17) is 10.5 Å². The van der Waals surface area contributed by atoms with E-state index in [1.165, 1.54) is 0 Å². The molecule has 0 bridgehead atoms. The molecule has 104 valence electrons. The van der Waals surface area contributed by atoms with E-state index in [1.807, 2.05) is 6.92 Å². The van der Waals surface area contributed by atoms with Crippen molar-refractivity contribution < 1.29 is 9.84 Å². The summed E-state index contributed by atoms with van der Waals surface area (Å²) in [5.41, 5.74) is 5.00. The highest BCUT2D eigenvalue weighted by molar-refractivity contribution is 4.83. The van der Waals surface area contributed by atoms with E-state index in [0.717, 1.165) is 12.8 Å². The summed E-state index contributed by atoms with van der Waals surface area (Å²) in [6.45, 7) is 14.5. The van der Waals surface area contributed by atoms with E-state index in [9.17, 15) is 5.11 Å². The van der Waals surface area contributed by atoms with Crippen LogP contribution in [-0.4, -0.2) is 29.0 Å². The molecule has 0 aromatic carbocycles. The summed E-state index contributed by atoms with van der Waals surface area (Å²) in [7, 11) is 0. The molecule has 1 atom stereocenters. The Morgan fingerprint density at radius 1 is 1.12 bits per heavy atom. The predicted octanol–water partition coefficient (Wildman–Crippen LogP) is 2.71. The fourth-order valence-electron chi connectivity index (χ4n) is 2.52. The van der Waals surface area contributed by atoms with E-state index in [1.54, 1.807) is 13.8 Å². The van der Waals surface area contributed by atoms with E-state index in [2.05, 4.69) is 27.7 Å². The van der Waals surface area contributed by atoms with Crippen LogP contribution < -0.4 is 5.73 Å². The maximum absolute atomic E-state index is 9.68. The Hall–Kier alpha value is -0.120. The van der Waals surface area contributed by atoms with Gasteiger partial charge in [-0.25, -0.2) is 0 Å². The Balaban J connectivity index is 4.33. The highest BCUT2D eigenvalue weighted by Gasteiger charge is 2.31. The second-order valence-corrected chi connectivity index (χ2v) is 7.38. The third-order valence-electron chi connectivity index (χ3n) is 2.59. The summed E-state index contributed by atoms with van der Waals surface area (Å²) >= 11 is 0. The molecule has 0 heterocycles.